The summed E-state index contributed by atoms with van der Waals surface area (Å²) in [5.74, 6) is 0.901. The van der Waals surface area contributed by atoms with Gasteiger partial charge in [0, 0.05) is 25.0 Å². The maximum Gasteiger partial charge on any atom is 0.276 e. The summed E-state index contributed by atoms with van der Waals surface area (Å²) in [6, 6.07) is 1.90. The lowest BCUT2D eigenvalue weighted by Crippen LogP contribution is -2.26. The second-order valence-electron chi connectivity index (χ2n) is 4.44. The van der Waals surface area contributed by atoms with Crippen LogP contribution < -0.4 is 9.47 Å². The predicted octanol–water partition coefficient (Wildman–Crippen LogP) is 1.68. The molecule has 0 radical (unpaired) electrons. The lowest BCUT2D eigenvalue weighted by Gasteiger charge is -2.21. The summed E-state index contributed by atoms with van der Waals surface area (Å²) in [5, 5.41) is 3.86. The zero-order valence-electron chi connectivity index (χ0n) is 11.1. The molecule has 3 rings (SSSR count). The highest BCUT2D eigenvalue weighted by molar-refractivity contribution is 7.08. The Kier molecular flexibility index (Phi) is 3.27. The molecule has 0 saturated heterocycles. The molecular weight excluding hydrogens is 278 g/mol. The molecule has 0 aromatic carbocycles. The highest BCUT2D eigenvalue weighted by Gasteiger charge is 2.26. The number of nitrogens with zero attached hydrogens (tertiary/aromatic N) is 3. The Morgan fingerprint density at radius 2 is 2.10 bits per heavy atom. The highest BCUT2D eigenvalue weighted by Crippen LogP contribution is 2.34. The number of thiophene rings is 1. The number of fused-ring (bicyclic) bond motifs is 1. The minimum atomic E-state index is -0.231. The van der Waals surface area contributed by atoms with Crippen molar-refractivity contribution in [2.75, 3.05) is 27.3 Å². The van der Waals surface area contributed by atoms with E-state index < -0.39 is 0 Å². The Labute approximate surface area is 120 Å². The normalized spacial score (nSPS) is 13.1. The molecule has 1 aliphatic rings. The van der Waals surface area contributed by atoms with Gasteiger partial charge in [-0.1, -0.05) is 0 Å². The molecular formula is C13H13N3O3S. The summed E-state index contributed by atoms with van der Waals surface area (Å²) in [6.07, 6.45) is 0. The van der Waals surface area contributed by atoms with Gasteiger partial charge in [-0.15, -0.1) is 0 Å². The molecule has 0 spiro atoms. The summed E-state index contributed by atoms with van der Waals surface area (Å²) >= 11 is 1.54. The van der Waals surface area contributed by atoms with Crippen molar-refractivity contribution in [2.24, 2.45) is 0 Å². The standard InChI is InChI=1S/C13H13N3O3S/c1-16(2)13(17)9-10-12(19-5-4-18-10)15-11(14-9)8-3-6-20-7-8/h3,6-7H,4-5H2,1-2H3. The number of carbonyl (C=O) groups is 1. The van der Waals surface area contributed by atoms with Crippen LogP contribution in [0.4, 0.5) is 0 Å². The van der Waals surface area contributed by atoms with Crippen LogP contribution in [-0.4, -0.2) is 48.1 Å². The summed E-state index contributed by atoms with van der Waals surface area (Å²) in [5.41, 5.74) is 1.10. The molecule has 0 unspecified atom stereocenters. The monoisotopic (exact) mass is 291 g/mol. The van der Waals surface area contributed by atoms with Crippen molar-refractivity contribution < 1.29 is 14.3 Å². The second kappa shape index (κ2) is 5.09. The van der Waals surface area contributed by atoms with Crippen LogP contribution >= 0.6 is 11.3 Å². The molecule has 0 fully saturated rings. The molecule has 1 amide bonds. The predicted molar refractivity (Wildman–Crippen MR) is 74.4 cm³/mol. The number of carbonyl (C=O) groups excluding carboxylic acids is 1. The molecule has 0 aliphatic carbocycles. The lowest BCUT2D eigenvalue weighted by atomic mass is 10.2. The largest absolute Gasteiger partial charge is 0.483 e. The first-order valence-electron chi connectivity index (χ1n) is 6.08. The highest BCUT2D eigenvalue weighted by atomic mass is 32.1. The lowest BCUT2D eigenvalue weighted by molar-refractivity contribution is 0.0808. The Morgan fingerprint density at radius 1 is 1.30 bits per heavy atom. The Balaban J connectivity index is 2.15. The summed E-state index contributed by atoms with van der Waals surface area (Å²) in [7, 11) is 3.34. The molecule has 3 heterocycles. The van der Waals surface area contributed by atoms with E-state index in [1.165, 1.54) is 4.90 Å². The first kappa shape index (κ1) is 12.9. The van der Waals surface area contributed by atoms with E-state index in [1.54, 1.807) is 25.4 Å². The van der Waals surface area contributed by atoms with Crippen LogP contribution in [0.2, 0.25) is 0 Å². The van der Waals surface area contributed by atoms with Crippen molar-refractivity contribution in [2.45, 2.75) is 0 Å². The van der Waals surface area contributed by atoms with Gasteiger partial charge in [0.1, 0.15) is 13.2 Å². The molecule has 1 aliphatic heterocycles. The van der Waals surface area contributed by atoms with E-state index in [1.807, 2.05) is 16.8 Å². The number of hydrogen-bond donors (Lipinski definition) is 0. The molecule has 0 saturated carbocycles. The van der Waals surface area contributed by atoms with E-state index >= 15 is 0 Å². The van der Waals surface area contributed by atoms with Crippen LogP contribution in [0.15, 0.2) is 16.8 Å². The van der Waals surface area contributed by atoms with Gasteiger partial charge in [-0.05, 0) is 11.4 Å². The van der Waals surface area contributed by atoms with Gasteiger partial charge < -0.3 is 14.4 Å². The van der Waals surface area contributed by atoms with Crippen molar-refractivity contribution in [3.8, 4) is 23.0 Å². The average molecular weight is 291 g/mol. The maximum absolute atomic E-state index is 12.2. The van der Waals surface area contributed by atoms with Crippen LogP contribution in [0.25, 0.3) is 11.4 Å². The fourth-order valence-electron chi connectivity index (χ4n) is 1.82. The molecule has 0 atom stereocenters. The number of amides is 1. The Morgan fingerprint density at radius 3 is 2.80 bits per heavy atom. The third-order valence-electron chi connectivity index (χ3n) is 2.79. The van der Waals surface area contributed by atoms with Crippen molar-refractivity contribution in [1.82, 2.24) is 14.9 Å². The molecule has 104 valence electrons. The van der Waals surface area contributed by atoms with Gasteiger partial charge in [-0.3, -0.25) is 4.79 Å². The molecule has 2 aromatic heterocycles. The average Bonchev–Trinajstić information content (AvgIpc) is 2.99. The van der Waals surface area contributed by atoms with Crippen LogP contribution in [0.5, 0.6) is 11.6 Å². The number of aromatic nitrogens is 2. The summed E-state index contributed by atoms with van der Waals surface area (Å²) in [6.45, 7) is 0.810. The van der Waals surface area contributed by atoms with Crippen LogP contribution in [-0.2, 0) is 0 Å². The van der Waals surface area contributed by atoms with E-state index in [0.29, 0.717) is 30.7 Å². The van der Waals surface area contributed by atoms with Gasteiger partial charge in [0.2, 0.25) is 5.75 Å². The fourth-order valence-corrected chi connectivity index (χ4v) is 2.45. The molecule has 0 bridgehead atoms. The first-order chi connectivity index (χ1) is 9.66. The summed E-state index contributed by atoms with van der Waals surface area (Å²) < 4.78 is 11.0. The quantitative estimate of drug-likeness (QED) is 0.842. The first-order valence-corrected chi connectivity index (χ1v) is 7.03. The van der Waals surface area contributed by atoms with Crippen LogP contribution in [0, 0.1) is 0 Å². The zero-order chi connectivity index (χ0) is 14.1. The number of rotatable bonds is 2. The van der Waals surface area contributed by atoms with Gasteiger partial charge in [0.25, 0.3) is 11.8 Å². The second-order valence-corrected chi connectivity index (χ2v) is 5.22. The topological polar surface area (TPSA) is 64.6 Å². The van der Waals surface area contributed by atoms with Crippen LogP contribution in [0.3, 0.4) is 0 Å². The minimum Gasteiger partial charge on any atom is -0.483 e. The van der Waals surface area contributed by atoms with E-state index in [-0.39, 0.29) is 11.6 Å². The molecule has 2 aromatic rings. The van der Waals surface area contributed by atoms with E-state index in [9.17, 15) is 4.79 Å². The van der Waals surface area contributed by atoms with Crippen LogP contribution in [0.1, 0.15) is 10.5 Å². The SMILES string of the molecule is CN(C)C(=O)c1nc(-c2ccsc2)nc2c1OCCO2. The van der Waals surface area contributed by atoms with Gasteiger partial charge in [-0.25, -0.2) is 4.98 Å². The fraction of sp³-hybridized carbons (Fsp3) is 0.308. The Bertz CT molecular complexity index is 641. The molecule has 7 heteroatoms. The van der Waals surface area contributed by atoms with Crippen molar-refractivity contribution in [3.05, 3.63) is 22.5 Å². The maximum atomic E-state index is 12.2. The summed E-state index contributed by atoms with van der Waals surface area (Å²) in [4.78, 5) is 22.4. The van der Waals surface area contributed by atoms with Crippen molar-refractivity contribution in [1.29, 1.82) is 0 Å². The van der Waals surface area contributed by atoms with E-state index in [2.05, 4.69) is 9.97 Å². The minimum absolute atomic E-state index is 0.231. The Hall–Kier alpha value is -2.15. The van der Waals surface area contributed by atoms with E-state index in [4.69, 9.17) is 9.47 Å². The molecule has 6 nitrogen and oxygen atoms in total. The zero-order valence-corrected chi connectivity index (χ0v) is 11.9. The van der Waals surface area contributed by atoms with Crippen molar-refractivity contribution in [3.63, 3.8) is 0 Å². The van der Waals surface area contributed by atoms with Gasteiger partial charge in [0.15, 0.2) is 11.5 Å². The van der Waals surface area contributed by atoms with Gasteiger partial charge in [-0.2, -0.15) is 16.3 Å². The van der Waals surface area contributed by atoms with E-state index in [0.717, 1.165) is 5.56 Å². The van der Waals surface area contributed by atoms with Gasteiger partial charge in [0.05, 0.1) is 0 Å². The molecule has 20 heavy (non-hydrogen) atoms. The molecule has 0 N–H and O–H groups in total. The number of hydrogen-bond acceptors (Lipinski definition) is 6. The number of ether oxygens (including phenoxy) is 2. The van der Waals surface area contributed by atoms with Crippen molar-refractivity contribution >= 4 is 17.2 Å². The van der Waals surface area contributed by atoms with Gasteiger partial charge >= 0.3 is 0 Å². The third kappa shape index (κ3) is 2.20. The smallest absolute Gasteiger partial charge is 0.276 e. The third-order valence-corrected chi connectivity index (χ3v) is 3.47.